The minimum atomic E-state index is -3.70. The Labute approximate surface area is 175 Å². The van der Waals surface area contributed by atoms with Gasteiger partial charge >= 0.3 is 0 Å². The molecule has 0 atom stereocenters. The minimum Gasteiger partial charge on any atom is -0.325 e. The molecule has 3 aromatic rings. The molecule has 152 valence electrons. The van der Waals surface area contributed by atoms with Crippen molar-refractivity contribution in [2.75, 3.05) is 10.0 Å². The minimum absolute atomic E-state index is 0.0742. The van der Waals surface area contributed by atoms with E-state index in [4.69, 9.17) is 0 Å². The molecule has 29 heavy (non-hydrogen) atoms. The second-order valence-corrected chi connectivity index (χ2v) is 8.99. The van der Waals surface area contributed by atoms with E-state index in [0.717, 1.165) is 41.0 Å². The van der Waals surface area contributed by atoms with Gasteiger partial charge in [0.15, 0.2) is 5.13 Å². The van der Waals surface area contributed by atoms with Crippen molar-refractivity contribution in [2.45, 2.75) is 38.0 Å². The number of carbonyl (C=O) groups is 1. The Bertz CT molecular complexity index is 1070. The van der Waals surface area contributed by atoms with Crippen LogP contribution in [0.15, 0.2) is 58.8 Å². The lowest BCUT2D eigenvalue weighted by Gasteiger charge is -2.14. The molecule has 0 saturated heterocycles. The molecule has 2 N–H and O–H groups in total. The van der Waals surface area contributed by atoms with Crippen LogP contribution in [0.3, 0.4) is 0 Å². The number of hydrogen-bond donors (Lipinski definition) is 2. The Morgan fingerprint density at radius 1 is 1.00 bits per heavy atom. The lowest BCUT2D eigenvalue weighted by molar-refractivity contribution is -0.115. The van der Waals surface area contributed by atoms with Crippen LogP contribution in [-0.4, -0.2) is 19.3 Å². The Balaban J connectivity index is 1.69. The molecule has 0 aliphatic rings. The molecule has 1 amide bonds. The fourth-order valence-corrected chi connectivity index (χ4v) is 4.94. The molecule has 0 saturated carbocycles. The zero-order valence-electron chi connectivity index (χ0n) is 16.3. The van der Waals surface area contributed by atoms with Crippen LogP contribution >= 0.6 is 11.3 Å². The summed E-state index contributed by atoms with van der Waals surface area (Å²) in [6.07, 6.45) is 1.72. The molecule has 0 bridgehead atoms. The van der Waals surface area contributed by atoms with Crippen LogP contribution in [0.2, 0.25) is 0 Å². The van der Waals surface area contributed by atoms with E-state index in [1.54, 1.807) is 23.6 Å². The van der Waals surface area contributed by atoms with Crippen LogP contribution in [0.5, 0.6) is 0 Å². The first kappa shape index (κ1) is 21.0. The standard InChI is InChI=1S/C21H23N3O3S2/c1-3-15-9-8-10-16(4-2)20(15)23-19(25)13-17-14-28-21(22-17)24-29(26,27)18-11-6-5-7-12-18/h5-12,14H,3-4,13H2,1-2H3,(H,22,24)(H,23,25). The number of rotatable bonds is 8. The summed E-state index contributed by atoms with van der Waals surface area (Å²) in [5.41, 5.74) is 3.56. The second-order valence-electron chi connectivity index (χ2n) is 6.45. The summed E-state index contributed by atoms with van der Waals surface area (Å²) in [4.78, 5) is 17.0. The summed E-state index contributed by atoms with van der Waals surface area (Å²) in [5.74, 6) is -0.177. The van der Waals surface area contributed by atoms with Gasteiger partial charge in [0.2, 0.25) is 5.91 Å². The van der Waals surface area contributed by atoms with Crippen molar-refractivity contribution in [1.29, 1.82) is 0 Å². The number of aryl methyl sites for hydroxylation is 2. The third-order valence-electron chi connectivity index (χ3n) is 4.43. The average Bonchev–Trinajstić information content (AvgIpc) is 3.14. The Kier molecular flexibility index (Phi) is 6.66. The Hall–Kier alpha value is -2.71. The molecule has 0 fully saturated rings. The monoisotopic (exact) mass is 429 g/mol. The molecule has 0 spiro atoms. The van der Waals surface area contributed by atoms with E-state index < -0.39 is 10.0 Å². The Morgan fingerprint density at radius 3 is 2.28 bits per heavy atom. The highest BCUT2D eigenvalue weighted by molar-refractivity contribution is 7.93. The van der Waals surface area contributed by atoms with Gasteiger partial charge in [-0.15, -0.1) is 11.3 Å². The lowest BCUT2D eigenvalue weighted by Crippen LogP contribution is -2.17. The van der Waals surface area contributed by atoms with Crippen LogP contribution in [0.25, 0.3) is 0 Å². The zero-order chi connectivity index (χ0) is 20.9. The summed E-state index contributed by atoms with van der Waals surface area (Å²) < 4.78 is 27.2. The lowest BCUT2D eigenvalue weighted by atomic mass is 10.0. The molecule has 0 aliphatic carbocycles. The Morgan fingerprint density at radius 2 is 1.66 bits per heavy atom. The van der Waals surface area contributed by atoms with Gasteiger partial charge in [-0.25, -0.2) is 13.4 Å². The first-order valence-electron chi connectivity index (χ1n) is 9.35. The number of nitrogens with zero attached hydrogens (tertiary/aromatic N) is 1. The van der Waals surface area contributed by atoms with E-state index in [0.29, 0.717) is 5.69 Å². The summed E-state index contributed by atoms with van der Waals surface area (Å²) in [5, 5.41) is 4.93. The summed E-state index contributed by atoms with van der Waals surface area (Å²) in [7, 11) is -3.70. The maximum atomic E-state index is 12.5. The van der Waals surface area contributed by atoms with E-state index in [2.05, 4.69) is 28.9 Å². The predicted octanol–water partition coefficient (Wildman–Crippen LogP) is 4.25. The van der Waals surface area contributed by atoms with E-state index in [-0.39, 0.29) is 22.4 Å². The fourth-order valence-electron chi connectivity index (χ4n) is 2.96. The van der Waals surface area contributed by atoms with Crippen LogP contribution in [0.1, 0.15) is 30.7 Å². The molecule has 1 heterocycles. The molecular formula is C21H23N3O3S2. The number of carbonyl (C=O) groups excluding carboxylic acids is 1. The number of anilines is 2. The quantitative estimate of drug-likeness (QED) is 0.560. The number of benzene rings is 2. The number of hydrogen-bond acceptors (Lipinski definition) is 5. The molecule has 1 aromatic heterocycles. The number of thiazole rings is 1. The summed E-state index contributed by atoms with van der Waals surface area (Å²) in [6.45, 7) is 4.10. The number of para-hydroxylation sites is 1. The molecule has 6 nitrogen and oxygen atoms in total. The number of sulfonamides is 1. The first-order valence-corrected chi connectivity index (χ1v) is 11.7. The summed E-state index contributed by atoms with van der Waals surface area (Å²) in [6, 6.07) is 14.1. The zero-order valence-corrected chi connectivity index (χ0v) is 17.9. The maximum Gasteiger partial charge on any atom is 0.263 e. The largest absolute Gasteiger partial charge is 0.325 e. The van der Waals surface area contributed by atoms with Gasteiger partial charge in [0, 0.05) is 11.1 Å². The predicted molar refractivity (Wildman–Crippen MR) is 117 cm³/mol. The van der Waals surface area contributed by atoms with Crippen LogP contribution in [0, 0.1) is 0 Å². The SMILES string of the molecule is CCc1cccc(CC)c1NC(=O)Cc1csc(NS(=O)(=O)c2ccccc2)n1. The third kappa shape index (κ3) is 5.21. The van der Waals surface area contributed by atoms with Gasteiger partial charge in [-0.05, 0) is 36.1 Å². The molecule has 3 rings (SSSR count). The van der Waals surface area contributed by atoms with Crippen molar-refractivity contribution in [3.8, 4) is 0 Å². The highest BCUT2D eigenvalue weighted by Gasteiger charge is 2.17. The molecule has 0 unspecified atom stereocenters. The van der Waals surface area contributed by atoms with Crippen molar-refractivity contribution in [1.82, 2.24) is 4.98 Å². The van der Waals surface area contributed by atoms with Gasteiger partial charge in [-0.2, -0.15) is 0 Å². The summed E-state index contributed by atoms with van der Waals surface area (Å²) >= 11 is 1.15. The highest BCUT2D eigenvalue weighted by atomic mass is 32.2. The van der Waals surface area contributed by atoms with Gasteiger partial charge in [0.1, 0.15) is 0 Å². The molecule has 2 aromatic carbocycles. The molecule has 0 aliphatic heterocycles. The van der Waals surface area contributed by atoms with E-state index >= 15 is 0 Å². The number of amides is 1. The number of nitrogens with one attached hydrogen (secondary N) is 2. The van der Waals surface area contributed by atoms with Crippen LogP contribution in [0.4, 0.5) is 10.8 Å². The topological polar surface area (TPSA) is 88.2 Å². The highest BCUT2D eigenvalue weighted by Crippen LogP contribution is 2.24. The van der Waals surface area contributed by atoms with E-state index in [1.807, 2.05) is 18.2 Å². The first-order chi connectivity index (χ1) is 13.9. The van der Waals surface area contributed by atoms with E-state index in [1.165, 1.54) is 12.1 Å². The third-order valence-corrected chi connectivity index (χ3v) is 6.72. The molecular weight excluding hydrogens is 406 g/mol. The fraction of sp³-hybridized carbons (Fsp3) is 0.238. The second kappa shape index (κ2) is 9.19. The van der Waals surface area contributed by atoms with Crippen LogP contribution in [-0.2, 0) is 34.1 Å². The molecule has 0 radical (unpaired) electrons. The van der Waals surface area contributed by atoms with Crippen molar-refractivity contribution in [2.24, 2.45) is 0 Å². The van der Waals surface area contributed by atoms with Gasteiger partial charge in [-0.3, -0.25) is 9.52 Å². The average molecular weight is 430 g/mol. The van der Waals surface area contributed by atoms with Crippen LogP contribution < -0.4 is 10.0 Å². The number of aromatic nitrogens is 1. The maximum absolute atomic E-state index is 12.5. The molecule has 8 heteroatoms. The van der Waals surface area contributed by atoms with Crippen molar-refractivity contribution in [3.05, 3.63) is 70.7 Å². The van der Waals surface area contributed by atoms with Gasteiger partial charge in [-0.1, -0.05) is 50.2 Å². The van der Waals surface area contributed by atoms with Crippen molar-refractivity contribution >= 4 is 38.1 Å². The van der Waals surface area contributed by atoms with Gasteiger partial charge in [0.05, 0.1) is 17.0 Å². The van der Waals surface area contributed by atoms with Crippen molar-refractivity contribution < 1.29 is 13.2 Å². The van der Waals surface area contributed by atoms with Crippen molar-refractivity contribution in [3.63, 3.8) is 0 Å². The van der Waals surface area contributed by atoms with Gasteiger partial charge in [0.25, 0.3) is 10.0 Å². The smallest absolute Gasteiger partial charge is 0.263 e. The van der Waals surface area contributed by atoms with E-state index in [9.17, 15) is 13.2 Å². The van der Waals surface area contributed by atoms with Gasteiger partial charge < -0.3 is 5.32 Å². The normalized spacial score (nSPS) is 11.2.